The maximum atomic E-state index is 14.2. The number of nitrogens with one attached hydrogen (secondary N) is 2. The molecule has 0 aromatic heterocycles. The van der Waals surface area contributed by atoms with Crippen LogP contribution < -0.4 is 10.6 Å². The molecular formula is C30H35BrClN3O4S. The van der Waals surface area contributed by atoms with Gasteiger partial charge in [-0.05, 0) is 43.4 Å². The molecule has 0 saturated carbocycles. The molecule has 0 radical (unpaired) electrons. The van der Waals surface area contributed by atoms with E-state index >= 15 is 0 Å². The second-order valence-corrected chi connectivity index (χ2v) is 14.1. The summed E-state index contributed by atoms with van der Waals surface area (Å²) in [4.78, 5) is 43.7. The van der Waals surface area contributed by atoms with E-state index in [1.54, 1.807) is 22.7 Å². The van der Waals surface area contributed by atoms with Crippen molar-refractivity contribution in [2.24, 2.45) is 11.8 Å². The number of likely N-dealkylation sites (tertiary alicyclic amines) is 1. The molecule has 2 aromatic carbocycles. The third-order valence-electron chi connectivity index (χ3n) is 8.43. The number of rotatable bonds is 11. The first kappa shape index (κ1) is 29.4. The lowest BCUT2D eigenvalue weighted by Gasteiger charge is -2.35. The summed E-state index contributed by atoms with van der Waals surface area (Å²) >= 11 is 11.9. The van der Waals surface area contributed by atoms with E-state index in [-0.39, 0.29) is 34.4 Å². The van der Waals surface area contributed by atoms with Gasteiger partial charge in [-0.25, -0.2) is 0 Å². The smallest absolute Gasteiger partial charge is 0.248 e. The Bertz CT molecular complexity index is 1250. The zero-order valence-electron chi connectivity index (χ0n) is 22.4. The van der Waals surface area contributed by atoms with E-state index in [0.29, 0.717) is 36.6 Å². The van der Waals surface area contributed by atoms with Gasteiger partial charge >= 0.3 is 0 Å². The molecule has 3 amide bonds. The highest BCUT2D eigenvalue weighted by Crippen LogP contribution is 2.67. The van der Waals surface area contributed by atoms with Gasteiger partial charge < -0.3 is 20.6 Å². The van der Waals surface area contributed by atoms with Crippen molar-refractivity contribution in [3.63, 3.8) is 0 Å². The Morgan fingerprint density at radius 3 is 2.58 bits per heavy atom. The van der Waals surface area contributed by atoms with Crippen molar-refractivity contribution >= 4 is 62.7 Å². The quantitative estimate of drug-likeness (QED) is 0.237. The number of aliphatic hydroxyl groups excluding tert-OH is 1. The maximum Gasteiger partial charge on any atom is 0.248 e. The number of benzene rings is 2. The largest absolute Gasteiger partial charge is 0.396 e. The van der Waals surface area contributed by atoms with E-state index in [9.17, 15) is 14.4 Å². The van der Waals surface area contributed by atoms with Gasteiger partial charge in [-0.2, -0.15) is 0 Å². The van der Waals surface area contributed by atoms with Crippen molar-refractivity contribution in [3.8, 4) is 0 Å². The maximum absolute atomic E-state index is 14.2. The number of amides is 3. The molecule has 214 valence electrons. The molecule has 7 nitrogen and oxygen atoms in total. The summed E-state index contributed by atoms with van der Waals surface area (Å²) in [6.45, 7) is 2.84. The molecule has 2 aromatic rings. The van der Waals surface area contributed by atoms with Crippen LogP contribution in [0.3, 0.4) is 0 Å². The van der Waals surface area contributed by atoms with Gasteiger partial charge in [0.2, 0.25) is 17.7 Å². The molecule has 3 heterocycles. The molecule has 0 aliphatic carbocycles. The monoisotopic (exact) mass is 647 g/mol. The first-order valence-electron chi connectivity index (χ1n) is 13.9. The van der Waals surface area contributed by atoms with Gasteiger partial charge in [0.05, 0.1) is 27.3 Å². The highest BCUT2D eigenvalue weighted by molar-refractivity contribution is 9.09. The van der Waals surface area contributed by atoms with Crippen molar-refractivity contribution in [2.75, 3.05) is 18.5 Å². The zero-order chi connectivity index (χ0) is 28.4. The topological polar surface area (TPSA) is 98.7 Å². The van der Waals surface area contributed by atoms with Crippen molar-refractivity contribution in [3.05, 3.63) is 64.7 Å². The SMILES string of the molecule is Cc1cccc(Cl)c1NC(=O)C1N(CCCCCCO)C(=O)[C@@H]2[C@@H](C(=O)NCc3ccccc3)[C@@H]3SC12CC3Br. The minimum Gasteiger partial charge on any atom is -0.396 e. The summed E-state index contributed by atoms with van der Waals surface area (Å²) in [5, 5.41) is 15.6. The van der Waals surface area contributed by atoms with Crippen molar-refractivity contribution in [1.82, 2.24) is 10.2 Å². The fraction of sp³-hybridized carbons (Fsp3) is 0.500. The number of thioether (sulfide) groups is 1. The van der Waals surface area contributed by atoms with Gasteiger partial charge in [0.1, 0.15) is 6.04 Å². The second kappa shape index (κ2) is 12.4. The van der Waals surface area contributed by atoms with E-state index in [1.807, 2.05) is 49.4 Å². The highest BCUT2D eigenvalue weighted by atomic mass is 79.9. The molecule has 3 aliphatic heterocycles. The Morgan fingerprint density at radius 2 is 1.85 bits per heavy atom. The number of carbonyl (C=O) groups excluding carboxylic acids is 3. The predicted octanol–water partition coefficient (Wildman–Crippen LogP) is 4.92. The van der Waals surface area contributed by atoms with E-state index in [1.165, 1.54) is 0 Å². The second-order valence-electron chi connectivity index (χ2n) is 11.0. The van der Waals surface area contributed by atoms with Crippen LogP contribution in [0.5, 0.6) is 0 Å². The number of para-hydroxylation sites is 1. The highest BCUT2D eigenvalue weighted by Gasteiger charge is 2.75. The van der Waals surface area contributed by atoms with Gasteiger partial charge in [-0.3, -0.25) is 14.4 Å². The number of carbonyl (C=O) groups is 3. The summed E-state index contributed by atoms with van der Waals surface area (Å²) in [5.74, 6) is -1.63. The summed E-state index contributed by atoms with van der Waals surface area (Å²) in [5.41, 5.74) is 2.38. The molecule has 3 unspecified atom stereocenters. The standard InChI is InChI=1S/C30H35BrClN3O4S/c1-18-10-9-13-21(32)24(18)34-28(38)26-30-16-20(31)25(40-30)22(27(37)33-17-19-11-5-4-6-12-19)23(30)29(39)35(26)14-7-2-3-8-15-36/h4-6,9-13,20,22-23,25-26,36H,2-3,7-8,14-17H2,1H3,(H,33,37)(H,34,38)/t20?,22-,23+,25-,26?,30?/m1/s1. The Hall–Kier alpha value is -2.07. The number of unbranched alkanes of at least 4 members (excludes halogenated alkanes) is 3. The van der Waals surface area contributed by atoms with Crippen LogP contribution in [0.15, 0.2) is 48.5 Å². The number of aryl methyl sites for hydroxylation is 1. The van der Waals surface area contributed by atoms with E-state index < -0.39 is 22.6 Å². The number of alkyl halides is 1. The molecule has 6 atom stereocenters. The zero-order valence-corrected chi connectivity index (χ0v) is 25.6. The van der Waals surface area contributed by atoms with E-state index in [0.717, 1.165) is 30.4 Å². The molecular weight excluding hydrogens is 614 g/mol. The van der Waals surface area contributed by atoms with Crippen LogP contribution in [0.1, 0.15) is 43.2 Å². The normalized spacial score (nSPS) is 28.6. The van der Waals surface area contributed by atoms with Crippen molar-refractivity contribution in [1.29, 1.82) is 0 Å². The first-order valence-corrected chi connectivity index (χ1v) is 16.1. The van der Waals surface area contributed by atoms with Crippen LogP contribution >= 0.6 is 39.3 Å². The lowest BCUT2D eigenvalue weighted by Crippen LogP contribution is -2.53. The number of anilines is 1. The van der Waals surface area contributed by atoms with Gasteiger partial charge in [-0.1, -0.05) is 82.8 Å². The van der Waals surface area contributed by atoms with E-state index in [2.05, 4.69) is 26.6 Å². The van der Waals surface area contributed by atoms with E-state index in [4.69, 9.17) is 16.7 Å². The Balaban J connectivity index is 1.43. The number of hydrogen-bond donors (Lipinski definition) is 3. The van der Waals surface area contributed by atoms with Crippen molar-refractivity contribution < 1.29 is 19.5 Å². The number of aliphatic hydroxyl groups is 1. The summed E-state index contributed by atoms with van der Waals surface area (Å²) in [6, 6.07) is 14.5. The number of hydrogen-bond acceptors (Lipinski definition) is 5. The van der Waals surface area contributed by atoms with Gasteiger partial charge in [0.25, 0.3) is 0 Å². The predicted molar refractivity (Wildman–Crippen MR) is 163 cm³/mol. The molecule has 3 saturated heterocycles. The van der Waals surface area contributed by atoms with Crippen LogP contribution in [-0.4, -0.2) is 61.7 Å². The van der Waals surface area contributed by atoms with Crippen LogP contribution in [-0.2, 0) is 20.9 Å². The molecule has 3 aliphatic rings. The fourth-order valence-corrected chi connectivity index (χ4v) is 10.5. The molecule has 1 spiro atoms. The molecule has 40 heavy (non-hydrogen) atoms. The van der Waals surface area contributed by atoms with Gasteiger partial charge in [0.15, 0.2) is 0 Å². The third kappa shape index (κ3) is 5.42. The first-order chi connectivity index (χ1) is 19.3. The lowest BCUT2D eigenvalue weighted by atomic mass is 9.70. The van der Waals surface area contributed by atoms with Gasteiger partial charge in [-0.15, -0.1) is 11.8 Å². The molecule has 10 heteroatoms. The number of halogens is 2. The van der Waals surface area contributed by atoms with Gasteiger partial charge in [0, 0.05) is 29.8 Å². The Morgan fingerprint density at radius 1 is 1.10 bits per heavy atom. The summed E-state index contributed by atoms with van der Waals surface area (Å²) in [6.07, 6.45) is 3.76. The van der Waals surface area contributed by atoms with Crippen molar-refractivity contribution in [2.45, 2.75) is 66.4 Å². The van der Waals surface area contributed by atoms with Crippen LogP contribution in [0.25, 0.3) is 0 Å². The molecule has 3 N–H and O–H groups in total. The van der Waals surface area contributed by atoms with Crippen LogP contribution in [0.2, 0.25) is 5.02 Å². The molecule has 5 rings (SSSR count). The minimum atomic E-state index is -0.722. The molecule has 2 bridgehead atoms. The Kier molecular flexibility index (Phi) is 9.14. The van der Waals surface area contributed by atoms with Crippen LogP contribution in [0, 0.1) is 18.8 Å². The lowest BCUT2D eigenvalue weighted by molar-refractivity contribution is -0.139. The average molecular weight is 649 g/mol. The fourth-order valence-electron chi connectivity index (χ4n) is 6.60. The Labute approximate surface area is 252 Å². The molecule has 3 fully saturated rings. The number of fused-ring (bicyclic) bond motifs is 1. The summed E-state index contributed by atoms with van der Waals surface area (Å²) in [7, 11) is 0. The average Bonchev–Trinajstić information content (AvgIpc) is 3.53. The summed E-state index contributed by atoms with van der Waals surface area (Å²) < 4.78 is -0.713. The third-order valence-corrected chi connectivity index (χ3v) is 12.0. The minimum absolute atomic E-state index is 0.0101. The number of nitrogens with zero attached hydrogens (tertiary/aromatic N) is 1. The van der Waals surface area contributed by atoms with Crippen LogP contribution in [0.4, 0.5) is 5.69 Å².